The summed E-state index contributed by atoms with van der Waals surface area (Å²) >= 11 is 5.98. The molecule has 0 fully saturated rings. The van der Waals surface area contributed by atoms with Crippen molar-refractivity contribution in [3.63, 3.8) is 0 Å². The molecule has 0 aliphatic heterocycles. The van der Waals surface area contributed by atoms with Gasteiger partial charge in [0.2, 0.25) is 0 Å². The van der Waals surface area contributed by atoms with E-state index in [9.17, 15) is 0 Å². The summed E-state index contributed by atoms with van der Waals surface area (Å²) in [7, 11) is 3.00. The summed E-state index contributed by atoms with van der Waals surface area (Å²) < 4.78 is 10.3. The smallest absolute Gasteiger partial charge is 0.168 e. The average molecular weight is 320 g/mol. The molecule has 106 valence electrons. The predicted molar refractivity (Wildman–Crippen MR) is 79.0 cm³/mol. The first-order valence-electron chi connectivity index (χ1n) is 4.70. The van der Waals surface area contributed by atoms with Gasteiger partial charge in [0.25, 0.3) is 0 Å². The molecule has 0 bridgehead atoms. The van der Waals surface area contributed by atoms with Crippen molar-refractivity contribution in [3.8, 4) is 11.5 Å². The lowest BCUT2D eigenvalue weighted by Crippen LogP contribution is -2.09. The van der Waals surface area contributed by atoms with Gasteiger partial charge >= 0.3 is 0 Å². The Balaban J connectivity index is 0. The summed E-state index contributed by atoms with van der Waals surface area (Å²) in [5.41, 5.74) is 6.72. The first-order valence-corrected chi connectivity index (χ1v) is 5.08. The van der Waals surface area contributed by atoms with Gasteiger partial charge in [-0.2, -0.15) is 0 Å². The topological polar surface area (TPSA) is 76.7 Å². The van der Waals surface area contributed by atoms with Crippen LogP contribution in [0.3, 0.4) is 0 Å². The number of nitrogen functional groups attached to an aromatic ring is 1. The summed E-state index contributed by atoms with van der Waals surface area (Å²) in [6.45, 7) is 0.339. The largest absolute Gasteiger partial charge is 0.493 e. The van der Waals surface area contributed by atoms with Gasteiger partial charge in [0.05, 0.1) is 31.5 Å². The van der Waals surface area contributed by atoms with Gasteiger partial charge in [0, 0.05) is 6.54 Å². The van der Waals surface area contributed by atoms with E-state index in [4.69, 9.17) is 31.9 Å². The first-order chi connectivity index (χ1) is 7.65. The summed E-state index contributed by atoms with van der Waals surface area (Å²) in [5, 5.41) is 12.1. The van der Waals surface area contributed by atoms with Crippen molar-refractivity contribution in [3.05, 3.63) is 11.1 Å². The highest BCUT2D eigenvalue weighted by Crippen LogP contribution is 2.44. The summed E-state index contributed by atoms with van der Waals surface area (Å²) in [4.78, 5) is 0. The number of hydrogen-bond donors (Lipinski definition) is 3. The van der Waals surface area contributed by atoms with Crippen LogP contribution in [0.25, 0.3) is 0 Å². The summed E-state index contributed by atoms with van der Waals surface area (Å²) in [6, 6.07) is 1.56. The van der Waals surface area contributed by atoms with E-state index in [0.717, 1.165) is 0 Å². The molecule has 0 aliphatic carbocycles. The summed E-state index contributed by atoms with van der Waals surface area (Å²) in [6.07, 6.45) is 0. The normalized spacial score (nSPS) is 8.89. The fourth-order valence-electron chi connectivity index (χ4n) is 1.40. The second-order valence-corrected chi connectivity index (χ2v) is 3.45. The third-order valence-electron chi connectivity index (χ3n) is 2.04. The van der Waals surface area contributed by atoms with Crippen LogP contribution in [0.2, 0.25) is 5.02 Å². The minimum atomic E-state index is -0.0152. The molecule has 0 saturated carbocycles. The second-order valence-electron chi connectivity index (χ2n) is 3.04. The lowest BCUT2D eigenvalue weighted by atomic mass is 10.2. The molecule has 0 radical (unpaired) electrons. The van der Waals surface area contributed by atoms with E-state index in [1.54, 1.807) is 6.07 Å². The molecule has 5 nitrogen and oxygen atoms in total. The Kier molecular flexibility index (Phi) is 10.0. The van der Waals surface area contributed by atoms with Gasteiger partial charge in [-0.1, -0.05) is 11.6 Å². The van der Waals surface area contributed by atoms with Crippen LogP contribution in [-0.4, -0.2) is 32.5 Å². The van der Waals surface area contributed by atoms with Gasteiger partial charge in [-0.3, -0.25) is 0 Å². The molecule has 4 N–H and O–H groups in total. The quantitative estimate of drug-likeness (QED) is 0.725. The third kappa shape index (κ3) is 4.17. The van der Waals surface area contributed by atoms with Crippen LogP contribution in [-0.2, 0) is 0 Å². The predicted octanol–water partition coefficient (Wildman–Crippen LogP) is 2.19. The minimum absolute atomic E-state index is 0. The van der Waals surface area contributed by atoms with Crippen molar-refractivity contribution < 1.29 is 14.6 Å². The molecule has 0 amide bonds. The maximum absolute atomic E-state index is 8.78. The highest BCUT2D eigenvalue weighted by Gasteiger charge is 2.17. The molecule has 0 saturated heterocycles. The maximum atomic E-state index is 8.78. The number of benzene rings is 1. The lowest BCUT2D eigenvalue weighted by molar-refractivity contribution is 0.310. The highest BCUT2D eigenvalue weighted by molar-refractivity contribution is 6.33. The molecule has 0 unspecified atom stereocenters. The van der Waals surface area contributed by atoms with Crippen molar-refractivity contribution >= 4 is 47.8 Å². The zero-order valence-corrected chi connectivity index (χ0v) is 12.4. The molecule has 1 rings (SSSR count). The Bertz CT molecular complexity index is 350. The van der Waals surface area contributed by atoms with Crippen LogP contribution in [0.15, 0.2) is 6.07 Å². The Morgan fingerprint density at radius 1 is 1.28 bits per heavy atom. The van der Waals surface area contributed by atoms with E-state index in [1.807, 2.05) is 0 Å². The number of nitrogens with two attached hydrogens (primary N) is 1. The number of rotatable bonds is 5. The van der Waals surface area contributed by atoms with Crippen LogP contribution in [0.1, 0.15) is 0 Å². The van der Waals surface area contributed by atoms with E-state index in [1.165, 1.54) is 14.2 Å². The van der Waals surface area contributed by atoms with Crippen molar-refractivity contribution in [1.82, 2.24) is 0 Å². The van der Waals surface area contributed by atoms with Gasteiger partial charge in [-0.05, 0) is 6.07 Å². The molecular formula is C10H17Cl3N2O3. The molecule has 0 aromatic heterocycles. The molecular weight excluding hydrogens is 302 g/mol. The van der Waals surface area contributed by atoms with Crippen molar-refractivity contribution in [2.75, 3.05) is 38.4 Å². The standard InChI is InChI=1S/C10H15ClN2O3.2ClH/c1-15-9-6(11)5-7(12)10(16-2)8(9)13-3-4-14;;/h5,13-14H,3-4,12H2,1-2H3;2*1H. The number of methoxy groups -OCH3 is 2. The third-order valence-corrected chi connectivity index (χ3v) is 2.32. The molecule has 1 aromatic carbocycles. The maximum Gasteiger partial charge on any atom is 0.168 e. The Morgan fingerprint density at radius 2 is 1.83 bits per heavy atom. The van der Waals surface area contributed by atoms with Gasteiger partial charge in [-0.15, -0.1) is 24.8 Å². The second kappa shape index (κ2) is 9.22. The van der Waals surface area contributed by atoms with E-state index in [2.05, 4.69) is 5.32 Å². The number of halogens is 3. The number of ether oxygens (including phenoxy) is 2. The SMILES string of the molecule is COc1c(N)cc(Cl)c(OC)c1NCCO.Cl.Cl. The number of nitrogens with one attached hydrogen (secondary N) is 1. The van der Waals surface area contributed by atoms with Gasteiger partial charge in [-0.25, -0.2) is 0 Å². The van der Waals surface area contributed by atoms with E-state index in [-0.39, 0.29) is 31.4 Å². The number of aliphatic hydroxyl groups is 1. The Morgan fingerprint density at radius 3 is 2.28 bits per heavy atom. The molecule has 1 aromatic rings. The molecule has 0 atom stereocenters. The first kappa shape index (κ1) is 19.6. The highest BCUT2D eigenvalue weighted by atomic mass is 35.5. The van der Waals surface area contributed by atoms with Crippen molar-refractivity contribution in [1.29, 1.82) is 0 Å². The monoisotopic (exact) mass is 318 g/mol. The van der Waals surface area contributed by atoms with Gasteiger partial charge in [0.15, 0.2) is 11.5 Å². The van der Waals surface area contributed by atoms with Gasteiger partial charge in [0.1, 0.15) is 5.69 Å². The number of hydrogen-bond acceptors (Lipinski definition) is 5. The fraction of sp³-hybridized carbons (Fsp3) is 0.400. The van der Waals surface area contributed by atoms with Crippen LogP contribution < -0.4 is 20.5 Å². The minimum Gasteiger partial charge on any atom is -0.493 e. The molecule has 18 heavy (non-hydrogen) atoms. The number of anilines is 2. The van der Waals surface area contributed by atoms with E-state index >= 15 is 0 Å². The van der Waals surface area contributed by atoms with Crippen molar-refractivity contribution in [2.45, 2.75) is 0 Å². The Hall–Kier alpha value is -0.750. The zero-order chi connectivity index (χ0) is 12.1. The molecule has 0 aliphatic rings. The van der Waals surface area contributed by atoms with Crippen LogP contribution in [0.5, 0.6) is 11.5 Å². The number of aliphatic hydroxyl groups excluding tert-OH is 1. The lowest BCUT2D eigenvalue weighted by Gasteiger charge is -2.17. The van der Waals surface area contributed by atoms with Crippen LogP contribution in [0, 0.1) is 0 Å². The van der Waals surface area contributed by atoms with Crippen LogP contribution in [0.4, 0.5) is 11.4 Å². The van der Waals surface area contributed by atoms with Crippen molar-refractivity contribution in [2.24, 2.45) is 0 Å². The average Bonchev–Trinajstić information content (AvgIpc) is 2.26. The fourth-order valence-corrected chi connectivity index (χ4v) is 1.68. The van der Waals surface area contributed by atoms with Crippen LogP contribution >= 0.6 is 36.4 Å². The summed E-state index contributed by atoms with van der Waals surface area (Å²) in [5.74, 6) is 0.899. The Labute approximate surface area is 123 Å². The molecule has 8 heteroatoms. The molecule has 0 spiro atoms. The van der Waals surface area contributed by atoms with E-state index in [0.29, 0.717) is 34.4 Å². The van der Waals surface area contributed by atoms with Gasteiger partial charge < -0.3 is 25.6 Å². The molecule has 0 heterocycles. The zero-order valence-electron chi connectivity index (χ0n) is 10.0. The van der Waals surface area contributed by atoms with E-state index < -0.39 is 0 Å².